The second-order valence-corrected chi connectivity index (χ2v) is 8.85. The first-order valence-corrected chi connectivity index (χ1v) is 11.7. The number of amides is 2. The third-order valence-electron chi connectivity index (χ3n) is 6.48. The van der Waals surface area contributed by atoms with Crippen LogP contribution in [0.2, 0.25) is 0 Å². The number of ether oxygens (including phenoxy) is 3. The third kappa shape index (κ3) is 5.09. The Morgan fingerprint density at radius 2 is 1.82 bits per heavy atom. The maximum atomic E-state index is 13.5. The summed E-state index contributed by atoms with van der Waals surface area (Å²) >= 11 is 0. The number of likely N-dealkylation sites (tertiary alicyclic amines) is 1. The van der Waals surface area contributed by atoms with E-state index in [4.69, 9.17) is 14.2 Å². The Labute approximate surface area is 197 Å². The fraction of sp³-hybridized carbons (Fsp3) is 0.440. The van der Waals surface area contributed by atoms with E-state index in [9.17, 15) is 14.0 Å². The van der Waals surface area contributed by atoms with Gasteiger partial charge in [0, 0.05) is 31.7 Å². The van der Waals surface area contributed by atoms with Crippen molar-refractivity contribution in [2.75, 3.05) is 44.5 Å². The summed E-state index contributed by atoms with van der Waals surface area (Å²) in [5, 5.41) is 3.15. The van der Waals surface area contributed by atoms with Crippen LogP contribution in [0.3, 0.4) is 0 Å². The Kier molecular flexibility index (Phi) is 6.53. The number of nitrogens with zero attached hydrogens (tertiary/aromatic N) is 2. The van der Waals surface area contributed by atoms with Gasteiger partial charge in [-0.2, -0.15) is 0 Å². The van der Waals surface area contributed by atoms with Gasteiger partial charge in [0.05, 0.1) is 12.1 Å². The SMILES string of the molecule is O=C(Cc1ccc2c(c1)OCO2)NC1CCN(CCCN2C(=O)COc3cc(F)ccc32)CC1. The number of carbonyl (C=O) groups is 2. The number of carbonyl (C=O) groups excluding carboxylic acids is 2. The standard InChI is InChI=1S/C25H28FN3O5/c26-18-3-4-20-22(14-18)32-15-25(31)29(20)9-1-8-28-10-6-19(7-11-28)27-24(30)13-17-2-5-21-23(12-17)34-16-33-21/h2-5,12,14,19H,1,6-11,13,15-16H2,(H,27,30). The van der Waals surface area contributed by atoms with Crippen molar-refractivity contribution in [3.05, 3.63) is 47.8 Å². The molecule has 0 unspecified atom stereocenters. The van der Waals surface area contributed by atoms with Crippen molar-refractivity contribution in [2.45, 2.75) is 31.7 Å². The number of fused-ring (bicyclic) bond motifs is 2. The lowest BCUT2D eigenvalue weighted by Gasteiger charge is -2.33. The van der Waals surface area contributed by atoms with Crippen LogP contribution in [0.15, 0.2) is 36.4 Å². The Morgan fingerprint density at radius 3 is 2.68 bits per heavy atom. The zero-order valence-electron chi connectivity index (χ0n) is 18.9. The lowest BCUT2D eigenvalue weighted by atomic mass is 10.0. The van der Waals surface area contributed by atoms with Crippen molar-refractivity contribution in [3.63, 3.8) is 0 Å². The number of anilines is 1. The summed E-state index contributed by atoms with van der Waals surface area (Å²) in [7, 11) is 0. The maximum Gasteiger partial charge on any atom is 0.265 e. The van der Waals surface area contributed by atoms with E-state index >= 15 is 0 Å². The molecule has 3 aliphatic rings. The minimum atomic E-state index is -0.376. The van der Waals surface area contributed by atoms with Gasteiger partial charge in [-0.1, -0.05) is 6.07 Å². The predicted octanol–water partition coefficient (Wildman–Crippen LogP) is 2.49. The molecule has 3 aliphatic heterocycles. The summed E-state index contributed by atoms with van der Waals surface area (Å²) in [5.74, 6) is 1.35. The molecule has 2 amide bonds. The summed E-state index contributed by atoms with van der Waals surface area (Å²) in [5.41, 5.74) is 1.53. The molecule has 1 saturated heterocycles. The van der Waals surface area contributed by atoms with Crippen molar-refractivity contribution in [1.82, 2.24) is 10.2 Å². The second kappa shape index (κ2) is 9.89. The van der Waals surface area contributed by atoms with Crippen LogP contribution >= 0.6 is 0 Å². The Morgan fingerprint density at radius 1 is 1.00 bits per heavy atom. The van der Waals surface area contributed by atoms with Gasteiger partial charge in [0.2, 0.25) is 12.7 Å². The fourth-order valence-corrected chi connectivity index (χ4v) is 4.69. The van der Waals surface area contributed by atoms with Crippen molar-refractivity contribution in [2.24, 2.45) is 0 Å². The monoisotopic (exact) mass is 469 g/mol. The Bertz CT molecular complexity index is 1070. The zero-order chi connectivity index (χ0) is 23.5. The van der Waals surface area contributed by atoms with Gasteiger partial charge >= 0.3 is 0 Å². The predicted molar refractivity (Wildman–Crippen MR) is 123 cm³/mol. The van der Waals surface area contributed by atoms with Gasteiger partial charge in [0.15, 0.2) is 18.1 Å². The molecule has 0 aromatic heterocycles. The molecule has 1 fully saturated rings. The number of piperidine rings is 1. The van der Waals surface area contributed by atoms with Crippen LogP contribution in [-0.4, -0.2) is 62.3 Å². The highest BCUT2D eigenvalue weighted by molar-refractivity contribution is 5.97. The molecule has 0 bridgehead atoms. The lowest BCUT2D eigenvalue weighted by molar-refractivity contribution is -0.122. The minimum Gasteiger partial charge on any atom is -0.481 e. The third-order valence-corrected chi connectivity index (χ3v) is 6.48. The first-order chi connectivity index (χ1) is 16.5. The number of halogens is 1. The molecule has 0 radical (unpaired) electrons. The molecule has 34 heavy (non-hydrogen) atoms. The quantitative estimate of drug-likeness (QED) is 0.671. The van der Waals surface area contributed by atoms with E-state index in [-0.39, 0.29) is 37.1 Å². The number of rotatable bonds is 7. The van der Waals surface area contributed by atoms with Gasteiger partial charge in [0.1, 0.15) is 11.6 Å². The summed E-state index contributed by atoms with van der Waals surface area (Å²) in [4.78, 5) is 28.8. The van der Waals surface area contributed by atoms with Crippen molar-refractivity contribution in [3.8, 4) is 17.2 Å². The van der Waals surface area contributed by atoms with Crippen molar-refractivity contribution >= 4 is 17.5 Å². The smallest absolute Gasteiger partial charge is 0.265 e. The zero-order valence-corrected chi connectivity index (χ0v) is 18.9. The van der Waals surface area contributed by atoms with Gasteiger partial charge < -0.3 is 29.3 Å². The Balaban J connectivity index is 1.04. The molecule has 0 spiro atoms. The number of benzene rings is 2. The molecular formula is C25H28FN3O5. The van der Waals surface area contributed by atoms with E-state index in [0.717, 1.165) is 44.5 Å². The van der Waals surface area contributed by atoms with E-state index in [1.165, 1.54) is 12.1 Å². The molecule has 1 N–H and O–H groups in total. The largest absolute Gasteiger partial charge is 0.481 e. The van der Waals surface area contributed by atoms with Crippen LogP contribution in [0, 0.1) is 5.82 Å². The molecular weight excluding hydrogens is 441 g/mol. The first-order valence-electron chi connectivity index (χ1n) is 11.7. The van der Waals surface area contributed by atoms with Gasteiger partial charge in [0.25, 0.3) is 5.91 Å². The minimum absolute atomic E-state index is 0.0123. The number of nitrogens with one attached hydrogen (secondary N) is 1. The van der Waals surface area contributed by atoms with Crippen LogP contribution in [-0.2, 0) is 16.0 Å². The van der Waals surface area contributed by atoms with E-state index in [0.29, 0.717) is 35.9 Å². The van der Waals surface area contributed by atoms with Crippen LogP contribution in [0.5, 0.6) is 17.2 Å². The highest BCUT2D eigenvalue weighted by Crippen LogP contribution is 2.33. The highest BCUT2D eigenvalue weighted by atomic mass is 19.1. The maximum absolute atomic E-state index is 13.5. The molecule has 9 heteroatoms. The first kappa shape index (κ1) is 22.5. The molecule has 0 atom stereocenters. The summed E-state index contributed by atoms with van der Waals surface area (Å²) in [6, 6.07) is 10.0. The van der Waals surface area contributed by atoms with E-state index in [2.05, 4.69) is 10.2 Å². The number of hydrogen-bond donors (Lipinski definition) is 1. The molecule has 0 saturated carbocycles. The molecule has 3 heterocycles. The van der Waals surface area contributed by atoms with Crippen molar-refractivity contribution < 1.29 is 28.2 Å². The molecule has 2 aromatic carbocycles. The van der Waals surface area contributed by atoms with Crippen LogP contribution in [0.1, 0.15) is 24.8 Å². The summed E-state index contributed by atoms with van der Waals surface area (Å²) in [6.07, 6.45) is 2.91. The second-order valence-electron chi connectivity index (χ2n) is 8.85. The van der Waals surface area contributed by atoms with Gasteiger partial charge in [-0.3, -0.25) is 9.59 Å². The number of hydrogen-bond acceptors (Lipinski definition) is 6. The molecule has 180 valence electrons. The highest BCUT2D eigenvalue weighted by Gasteiger charge is 2.26. The average molecular weight is 470 g/mol. The van der Waals surface area contributed by atoms with Gasteiger partial charge in [-0.25, -0.2) is 4.39 Å². The van der Waals surface area contributed by atoms with Crippen LogP contribution < -0.4 is 24.4 Å². The van der Waals surface area contributed by atoms with Crippen LogP contribution in [0.25, 0.3) is 0 Å². The van der Waals surface area contributed by atoms with Crippen molar-refractivity contribution in [1.29, 1.82) is 0 Å². The average Bonchev–Trinajstić information content (AvgIpc) is 3.29. The molecule has 2 aromatic rings. The molecule has 5 rings (SSSR count). The van der Waals surface area contributed by atoms with Crippen LogP contribution in [0.4, 0.5) is 10.1 Å². The normalized spacial score (nSPS) is 17.9. The lowest BCUT2D eigenvalue weighted by Crippen LogP contribution is -2.46. The van der Waals surface area contributed by atoms with Gasteiger partial charge in [-0.05, 0) is 55.6 Å². The van der Waals surface area contributed by atoms with Gasteiger partial charge in [-0.15, -0.1) is 0 Å². The van der Waals surface area contributed by atoms with E-state index < -0.39 is 0 Å². The topological polar surface area (TPSA) is 80.3 Å². The summed E-state index contributed by atoms with van der Waals surface area (Å²) in [6.45, 7) is 3.38. The molecule has 8 nitrogen and oxygen atoms in total. The summed E-state index contributed by atoms with van der Waals surface area (Å²) < 4.78 is 29.5. The van der Waals surface area contributed by atoms with E-state index in [1.807, 2.05) is 18.2 Å². The Hall–Kier alpha value is -3.33. The van der Waals surface area contributed by atoms with E-state index in [1.54, 1.807) is 11.0 Å². The molecule has 0 aliphatic carbocycles. The fourth-order valence-electron chi connectivity index (χ4n) is 4.69.